The molecule has 0 saturated carbocycles. The lowest BCUT2D eigenvalue weighted by Crippen LogP contribution is -2.18. The first kappa shape index (κ1) is 20.5. The zero-order valence-corrected chi connectivity index (χ0v) is 16.6. The van der Waals surface area contributed by atoms with Crippen LogP contribution in [-0.2, 0) is 13.0 Å². The first-order valence-corrected chi connectivity index (χ1v) is 10.2. The van der Waals surface area contributed by atoms with E-state index in [1.165, 1.54) is 57.7 Å². The van der Waals surface area contributed by atoms with Crippen LogP contribution in [0, 0.1) is 4.77 Å². The smallest absolute Gasteiger partial charge is 0.255 e. The maximum atomic E-state index is 12.1. The fourth-order valence-electron chi connectivity index (χ4n) is 3.08. The van der Waals surface area contributed by atoms with Crippen LogP contribution in [0.2, 0.25) is 0 Å². The molecule has 0 radical (unpaired) electrons. The van der Waals surface area contributed by atoms with Crippen LogP contribution in [0.15, 0.2) is 29.7 Å². The number of hydrogen-bond donors (Lipinski definition) is 1. The van der Waals surface area contributed by atoms with Crippen LogP contribution < -0.4 is 5.56 Å². The molecule has 0 bridgehead atoms. The third kappa shape index (κ3) is 7.20. The topological polar surface area (TPSA) is 63.6 Å². The van der Waals surface area contributed by atoms with E-state index in [-0.39, 0.29) is 5.56 Å². The van der Waals surface area contributed by atoms with Gasteiger partial charge in [-0.3, -0.25) is 9.78 Å². The lowest BCUT2D eigenvalue weighted by atomic mass is 10.1. The minimum absolute atomic E-state index is 0.123. The van der Waals surface area contributed by atoms with Crippen LogP contribution in [0.5, 0.6) is 0 Å². The molecule has 0 spiro atoms. The number of aromatic nitrogens is 4. The maximum Gasteiger partial charge on any atom is 0.255 e. The molecule has 6 heteroatoms. The second kappa shape index (κ2) is 11.7. The molecule has 0 amide bonds. The molecule has 2 aromatic heterocycles. The van der Waals surface area contributed by atoms with Crippen molar-refractivity contribution in [3.8, 4) is 0 Å². The van der Waals surface area contributed by atoms with Gasteiger partial charge in [-0.05, 0) is 24.2 Å². The summed E-state index contributed by atoms with van der Waals surface area (Å²) in [4.78, 5) is 22.9. The Balaban J connectivity index is 1.79. The van der Waals surface area contributed by atoms with Crippen molar-refractivity contribution >= 4 is 12.2 Å². The Kier molecular flexibility index (Phi) is 9.24. The third-order valence-corrected chi connectivity index (χ3v) is 4.93. The van der Waals surface area contributed by atoms with Crippen LogP contribution in [0.1, 0.15) is 75.8 Å². The van der Waals surface area contributed by atoms with E-state index in [1.54, 1.807) is 12.4 Å². The van der Waals surface area contributed by atoms with E-state index < -0.39 is 0 Å². The Bertz CT molecular complexity index is 754. The second-order valence-corrected chi connectivity index (χ2v) is 7.25. The predicted octanol–water partition coefficient (Wildman–Crippen LogP) is 4.82. The zero-order chi connectivity index (χ0) is 18.6. The van der Waals surface area contributed by atoms with Gasteiger partial charge >= 0.3 is 0 Å². The lowest BCUT2D eigenvalue weighted by Gasteiger charge is -2.09. The molecular weight excluding hydrogens is 344 g/mol. The first-order valence-electron chi connectivity index (χ1n) is 9.77. The Morgan fingerprint density at radius 3 is 2.27 bits per heavy atom. The summed E-state index contributed by atoms with van der Waals surface area (Å²) >= 11 is 5.31. The summed E-state index contributed by atoms with van der Waals surface area (Å²) < 4.78 is 2.49. The number of unbranched alkanes of at least 4 members (excludes halogenated alkanes) is 8. The van der Waals surface area contributed by atoms with Gasteiger partial charge < -0.3 is 4.57 Å². The van der Waals surface area contributed by atoms with Gasteiger partial charge in [0, 0.05) is 37.1 Å². The number of aryl methyl sites for hydroxylation is 1. The van der Waals surface area contributed by atoms with Gasteiger partial charge in [0.25, 0.3) is 5.56 Å². The number of H-pyrrole nitrogens is 1. The molecule has 1 N–H and O–H groups in total. The van der Waals surface area contributed by atoms with Crippen molar-refractivity contribution in [1.29, 1.82) is 0 Å². The van der Waals surface area contributed by atoms with Crippen LogP contribution in [0.3, 0.4) is 0 Å². The van der Waals surface area contributed by atoms with E-state index in [0.717, 1.165) is 18.5 Å². The normalized spacial score (nSPS) is 11.0. The number of nitrogens with zero attached hydrogens (tertiary/aromatic N) is 3. The molecule has 2 aromatic rings. The second-order valence-electron chi connectivity index (χ2n) is 6.86. The van der Waals surface area contributed by atoms with Crippen molar-refractivity contribution < 1.29 is 0 Å². The van der Waals surface area contributed by atoms with E-state index in [0.29, 0.717) is 16.8 Å². The van der Waals surface area contributed by atoms with Crippen molar-refractivity contribution in [3.05, 3.63) is 51.2 Å². The lowest BCUT2D eigenvalue weighted by molar-refractivity contribution is 0.531. The summed E-state index contributed by atoms with van der Waals surface area (Å²) in [6.07, 6.45) is 19.0. The molecule has 0 aliphatic rings. The monoisotopic (exact) mass is 374 g/mol. The van der Waals surface area contributed by atoms with Crippen LogP contribution in [0.25, 0.3) is 0 Å². The van der Waals surface area contributed by atoms with Crippen molar-refractivity contribution in [2.75, 3.05) is 0 Å². The fourth-order valence-corrected chi connectivity index (χ4v) is 3.32. The minimum Gasteiger partial charge on any atom is -0.325 e. The maximum absolute atomic E-state index is 12.1. The van der Waals surface area contributed by atoms with Gasteiger partial charge in [-0.15, -0.1) is 0 Å². The van der Waals surface area contributed by atoms with Gasteiger partial charge in [-0.2, -0.15) is 0 Å². The van der Waals surface area contributed by atoms with Crippen LogP contribution in [-0.4, -0.2) is 19.5 Å². The molecule has 142 valence electrons. The number of rotatable bonds is 12. The molecule has 26 heavy (non-hydrogen) atoms. The quantitative estimate of drug-likeness (QED) is 0.427. The summed E-state index contributed by atoms with van der Waals surface area (Å²) in [6, 6.07) is 0. The summed E-state index contributed by atoms with van der Waals surface area (Å²) in [5, 5.41) is 0. The van der Waals surface area contributed by atoms with Crippen molar-refractivity contribution in [2.24, 2.45) is 0 Å². The molecular formula is C20H30N4OS. The van der Waals surface area contributed by atoms with E-state index in [4.69, 9.17) is 12.2 Å². The van der Waals surface area contributed by atoms with Crippen LogP contribution in [0.4, 0.5) is 0 Å². The van der Waals surface area contributed by atoms with Crippen molar-refractivity contribution in [2.45, 2.75) is 77.7 Å². The average Bonchev–Trinajstić information content (AvgIpc) is 2.64. The summed E-state index contributed by atoms with van der Waals surface area (Å²) in [6.45, 7) is 3.10. The molecule has 0 fully saturated rings. The predicted molar refractivity (Wildman–Crippen MR) is 108 cm³/mol. The highest BCUT2D eigenvalue weighted by molar-refractivity contribution is 7.71. The van der Waals surface area contributed by atoms with Gasteiger partial charge in [0.1, 0.15) is 6.33 Å². The van der Waals surface area contributed by atoms with Gasteiger partial charge in [0.2, 0.25) is 0 Å². The Morgan fingerprint density at radius 1 is 1.00 bits per heavy atom. The third-order valence-electron chi connectivity index (χ3n) is 4.60. The molecule has 0 aromatic carbocycles. The standard InChI is InChI=1S/C20H30N4OS/c1-2-3-4-5-6-7-8-9-10-11-24-15-18(19(25)23-20(24)26)12-17-13-21-16-22-14-17/h13-16H,2-12H2,1H3,(H,23,25,26). The van der Waals surface area contributed by atoms with Crippen LogP contribution >= 0.6 is 12.2 Å². The van der Waals surface area contributed by atoms with E-state index in [2.05, 4.69) is 21.9 Å². The first-order chi connectivity index (χ1) is 12.7. The van der Waals surface area contributed by atoms with Crippen molar-refractivity contribution in [1.82, 2.24) is 19.5 Å². The fraction of sp³-hybridized carbons (Fsp3) is 0.600. The Hall–Kier alpha value is -1.82. The van der Waals surface area contributed by atoms with Gasteiger partial charge in [-0.1, -0.05) is 58.3 Å². The molecule has 0 saturated heterocycles. The highest BCUT2D eigenvalue weighted by Gasteiger charge is 2.05. The highest BCUT2D eigenvalue weighted by Crippen LogP contribution is 2.10. The molecule has 0 atom stereocenters. The molecule has 0 unspecified atom stereocenters. The Labute approximate surface area is 160 Å². The summed E-state index contributed by atoms with van der Waals surface area (Å²) in [5.74, 6) is 0. The van der Waals surface area contributed by atoms with Crippen molar-refractivity contribution in [3.63, 3.8) is 0 Å². The number of hydrogen-bond acceptors (Lipinski definition) is 4. The molecule has 2 heterocycles. The van der Waals surface area contributed by atoms with E-state index >= 15 is 0 Å². The highest BCUT2D eigenvalue weighted by atomic mass is 32.1. The van der Waals surface area contributed by atoms with Gasteiger partial charge in [0.15, 0.2) is 4.77 Å². The number of aromatic amines is 1. The zero-order valence-electron chi connectivity index (χ0n) is 15.7. The van der Waals surface area contributed by atoms with E-state index in [9.17, 15) is 4.79 Å². The largest absolute Gasteiger partial charge is 0.325 e. The molecule has 2 rings (SSSR count). The molecule has 5 nitrogen and oxygen atoms in total. The molecule has 0 aliphatic carbocycles. The Morgan fingerprint density at radius 2 is 1.62 bits per heavy atom. The summed E-state index contributed by atoms with van der Waals surface area (Å²) in [5.41, 5.74) is 1.50. The number of nitrogens with one attached hydrogen (secondary N) is 1. The van der Waals surface area contributed by atoms with Gasteiger partial charge in [-0.25, -0.2) is 9.97 Å². The summed E-state index contributed by atoms with van der Waals surface area (Å²) in [7, 11) is 0. The molecule has 0 aliphatic heterocycles. The average molecular weight is 375 g/mol. The van der Waals surface area contributed by atoms with Gasteiger partial charge in [0.05, 0.1) is 0 Å². The van der Waals surface area contributed by atoms with E-state index in [1.807, 2.05) is 10.8 Å². The SMILES string of the molecule is CCCCCCCCCCCn1cc(Cc2cncnc2)c(=O)[nH]c1=S. The minimum atomic E-state index is -0.123.